The van der Waals surface area contributed by atoms with Gasteiger partial charge in [0.05, 0.1) is 11.3 Å². The van der Waals surface area contributed by atoms with E-state index in [2.05, 4.69) is 59.6 Å². The van der Waals surface area contributed by atoms with Crippen molar-refractivity contribution in [2.45, 2.75) is 22.7 Å². The first kappa shape index (κ1) is 25.4. The highest BCUT2D eigenvalue weighted by atomic mass is 79.9. The normalized spacial score (nSPS) is 21.9. The Kier molecular flexibility index (Phi) is 7.86. The van der Waals surface area contributed by atoms with E-state index in [1.807, 2.05) is 6.07 Å². The van der Waals surface area contributed by atoms with Gasteiger partial charge in [-0.05, 0) is 25.1 Å². The maximum atomic E-state index is 13.7. The summed E-state index contributed by atoms with van der Waals surface area (Å²) in [5.41, 5.74) is -0.479. The van der Waals surface area contributed by atoms with Crippen LogP contribution in [0.5, 0.6) is 0 Å². The third-order valence-corrected chi connectivity index (χ3v) is 8.64. The lowest BCUT2D eigenvalue weighted by atomic mass is 9.99. The van der Waals surface area contributed by atoms with Gasteiger partial charge in [-0.15, -0.1) is 17.5 Å². The van der Waals surface area contributed by atoms with Crippen LogP contribution in [0.2, 0.25) is 0 Å². The maximum Gasteiger partial charge on any atom is 0.313 e. The number of hydrogen-bond acceptors (Lipinski definition) is 3. The lowest BCUT2D eigenvalue weighted by Crippen LogP contribution is -2.24. The fraction of sp³-hybridized carbons (Fsp3) is 0.304. The summed E-state index contributed by atoms with van der Waals surface area (Å²) in [6, 6.07) is 13.5. The Morgan fingerprint density at radius 3 is 2.31 bits per heavy atom. The first-order valence-electron chi connectivity index (χ1n) is 9.35. The van der Waals surface area contributed by atoms with Crippen LogP contribution in [0.4, 0.5) is 8.78 Å². The van der Waals surface area contributed by atoms with Crippen molar-refractivity contribution in [1.82, 2.24) is 0 Å². The molecule has 9 heteroatoms. The molecule has 1 saturated carbocycles. The van der Waals surface area contributed by atoms with Gasteiger partial charge in [-0.25, -0.2) is 8.78 Å². The van der Waals surface area contributed by atoms with Gasteiger partial charge in [-0.3, -0.25) is 9.59 Å². The number of benzene rings is 2. The Labute approximate surface area is 214 Å². The molecule has 0 amide bonds. The van der Waals surface area contributed by atoms with Gasteiger partial charge in [-0.1, -0.05) is 84.0 Å². The van der Waals surface area contributed by atoms with E-state index >= 15 is 0 Å². The number of esters is 1. The monoisotopic (exact) mass is 650 g/mol. The number of hydrogen-bond donors (Lipinski definition) is 0. The maximum absolute atomic E-state index is 13.7. The van der Waals surface area contributed by atoms with Crippen molar-refractivity contribution >= 4 is 71.1 Å². The van der Waals surface area contributed by atoms with Crippen molar-refractivity contribution in [2.24, 2.45) is 11.3 Å². The third-order valence-electron chi connectivity index (χ3n) is 5.31. The summed E-state index contributed by atoms with van der Waals surface area (Å²) in [6.45, 7) is 1.57. The molecule has 3 nitrogen and oxygen atoms in total. The average Bonchev–Trinajstić information content (AvgIpc) is 3.29. The van der Waals surface area contributed by atoms with E-state index in [0.717, 1.165) is 4.47 Å². The van der Waals surface area contributed by atoms with Gasteiger partial charge >= 0.3 is 5.97 Å². The zero-order valence-electron chi connectivity index (χ0n) is 16.6. The molecule has 32 heavy (non-hydrogen) atoms. The van der Waals surface area contributed by atoms with Gasteiger partial charge in [0.1, 0.15) is 3.23 Å². The number of halogens is 6. The molecular formula is C23H16Br3ClF2O3. The van der Waals surface area contributed by atoms with Crippen LogP contribution < -0.4 is 0 Å². The molecule has 168 valence electrons. The molecule has 0 bridgehead atoms. The Morgan fingerprint density at radius 1 is 1.16 bits per heavy atom. The minimum absolute atomic E-state index is 0.219. The molecule has 3 unspecified atom stereocenters. The molecule has 1 fully saturated rings. The number of alkyl halides is 5. The molecule has 3 rings (SSSR count). The highest BCUT2D eigenvalue weighted by Gasteiger charge is 2.82. The van der Waals surface area contributed by atoms with Gasteiger partial charge < -0.3 is 4.74 Å². The van der Waals surface area contributed by atoms with E-state index in [1.54, 1.807) is 49.4 Å². The molecule has 0 aromatic heterocycles. The number of ketones is 1. The third kappa shape index (κ3) is 4.54. The van der Waals surface area contributed by atoms with Crippen LogP contribution in [-0.4, -0.2) is 27.3 Å². The first-order valence-corrected chi connectivity index (χ1v) is 12.3. The Bertz CT molecular complexity index is 1110. The van der Waals surface area contributed by atoms with E-state index in [0.29, 0.717) is 16.7 Å². The number of rotatable bonds is 7. The summed E-state index contributed by atoms with van der Waals surface area (Å²) in [5, 5.41) is 0. The summed E-state index contributed by atoms with van der Waals surface area (Å²) in [5.74, 6) is 2.71. The van der Waals surface area contributed by atoms with E-state index < -0.39 is 38.9 Å². The summed E-state index contributed by atoms with van der Waals surface area (Å²) in [4.78, 5) is 25.7. The molecule has 0 spiro atoms. The summed E-state index contributed by atoms with van der Waals surface area (Å²) in [6.07, 6.45) is -3.89. The molecule has 3 atom stereocenters. The van der Waals surface area contributed by atoms with Crippen molar-refractivity contribution in [3.8, 4) is 11.8 Å². The highest BCUT2D eigenvalue weighted by molar-refractivity contribution is 9.25. The lowest BCUT2D eigenvalue weighted by molar-refractivity contribution is -0.150. The van der Waals surface area contributed by atoms with Gasteiger partial charge in [-0.2, -0.15) is 0 Å². The van der Waals surface area contributed by atoms with Crippen molar-refractivity contribution < 1.29 is 23.1 Å². The predicted octanol–water partition coefficient (Wildman–Crippen LogP) is 6.89. The topological polar surface area (TPSA) is 43.4 Å². The summed E-state index contributed by atoms with van der Waals surface area (Å²) < 4.78 is 32.3. The second kappa shape index (κ2) is 9.92. The molecule has 0 heterocycles. The summed E-state index contributed by atoms with van der Waals surface area (Å²) >= 11 is 15.4. The molecule has 0 saturated heterocycles. The van der Waals surface area contributed by atoms with E-state index in [1.165, 1.54) is 0 Å². The molecule has 0 N–H and O–H groups in total. The van der Waals surface area contributed by atoms with Crippen molar-refractivity contribution in [3.05, 3.63) is 69.7 Å². The van der Waals surface area contributed by atoms with Crippen LogP contribution in [0.25, 0.3) is 0 Å². The smallest absolute Gasteiger partial charge is 0.313 e. The molecule has 1 aliphatic carbocycles. The highest BCUT2D eigenvalue weighted by Crippen LogP contribution is 2.74. The molecule has 0 radical (unpaired) electrons. The van der Waals surface area contributed by atoms with Gasteiger partial charge in [0.2, 0.25) is 6.43 Å². The van der Waals surface area contributed by atoms with Crippen LogP contribution in [0, 0.1) is 23.2 Å². The largest absolute Gasteiger partial charge is 0.444 e. The van der Waals surface area contributed by atoms with Crippen LogP contribution in [-0.2, 0) is 9.53 Å². The molecule has 0 aliphatic heterocycles. The van der Waals surface area contributed by atoms with Gasteiger partial charge in [0.25, 0.3) is 0 Å². The summed E-state index contributed by atoms with van der Waals surface area (Å²) in [7, 11) is 0. The molecule has 2 aromatic carbocycles. The van der Waals surface area contributed by atoms with Gasteiger partial charge in [0, 0.05) is 27.0 Å². The molecule has 2 aromatic rings. The van der Waals surface area contributed by atoms with Crippen LogP contribution >= 0.6 is 59.4 Å². The Balaban J connectivity index is 1.87. The Morgan fingerprint density at radius 2 is 1.78 bits per heavy atom. The van der Waals surface area contributed by atoms with Crippen LogP contribution in [0.15, 0.2) is 53.0 Å². The quantitative estimate of drug-likeness (QED) is 0.142. The van der Waals surface area contributed by atoms with E-state index in [4.69, 9.17) is 16.3 Å². The lowest BCUT2D eigenvalue weighted by Gasteiger charge is -2.16. The molecule has 1 aliphatic rings. The van der Waals surface area contributed by atoms with Crippen LogP contribution in [0.3, 0.4) is 0 Å². The number of ether oxygens (including phenoxy) is 1. The Hall–Kier alpha value is -1.27. The second-order valence-electron chi connectivity index (χ2n) is 7.21. The fourth-order valence-corrected chi connectivity index (χ4v) is 6.72. The van der Waals surface area contributed by atoms with E-state index in [-0.39, 0.29) is 5.78 Å². The minimum Gasteiger partial charge on any atom is -0.444 e. The van der Waals surface area contributed by atoms with Crippen molar-refractivity contribution in [3.63, 3.8) is 0 Å². The predicted molar refractivity (Wildman–Crippen MR) is 130 cm³/mol. The zero-order valence-corrected chi connectivity index (χ0v) is 22.1. The van der Waals surface area contributed by atoms with Crippen molar-refractivity contribution in [1.29, 1.82) is 0 Å². The van der Waals surface area contributed by atoms with E-state index in [9.17, 15) is 18.4 Å². The second-order valence-corrected chi connectivity index (χ2v) is 12.0. The van der Waals surface area contributed by atoms with Gasteiger partial charge in [0.15, 0.2) is 11.9 Å². The van der Waals surface area contributed by atoms with Crippen molar-refractivity contribution in [2.75, 3.05) is 5.88 Å². The standard InChI is InChI=1S/C23H16Br3ClF2O3/c1-2-5-17(32-20(31)19-22(12-27,21(28)29)23(19,25)26)13-6-3-7-14(10-13)18(30)15-8-4-9-16(24)11-15/h3-4,6-11,17,19,21H,12H2,1H3. The number of carbonyl (C=O) groups is 2. The first-order chi connectivity index (χ1) is 15.1. The fourth-order valence-electron chi connectivity index (χ4n) is 3.47. The minimum atomic E-state index is -2.85. The number of carbonyl (C=O) groups excluding carboxylic acids is 2. The molecular weight excluding hydrogens is 637 g/mol. The van der Waals surface area contributed by atoms with Crippen LogP contribution in [0.1, 0.15) is 34.5 Å². The zero-order chi connectivity index (χ0) is 23.7. The SMILES string of the molecule is CC#CC(OC(=O)C1C(Br)(Br)C1(CCl)C(F)F)c1cccc(C(=O)c2cccc(Br)c2)c1. The average molecular weight is 654 g/mol.